The number of ether oxygens (including phenoxy) is 6. The number of phosphoric ester groups is 1. The van der Waals surface area contributed by atoms with Crippen LogP contribution in [-0.2, 0) is 85.2 Å². The Bertz CT molecular complexity index is 2060. The van der Waals surface area contributed by atoms with Crippen molar-refractivity contribution in [2.24, 2.45) is 17.0 Å². The quantitative estimate of drug-likeness (QED) is 0.0280. The van der Waals surface area contributed by atoms with E-state index in [2.05, 4.69) is 36.1 Å². The molecule has 19 nitrogen and oxygen atoms in total. The Hall–Kier alpha value is -3.75. The molecule has 69 heavy (non-hydrogen) atoms. The van der Waals surface area contributed by atoms with Gasteiger partial charge in [-0.15, -0.1) is 0 Å². The second-order valence-corrected chi connectivity index (χ2v) is 25.9. The molecule has 2 fully saturated rings. The van der Waals surface area contributed by atoms with Crippen LogP contribution >= 0.6 is 7.82 Å². The summed E-state index contributed by atoms with van der Waals surface area (Å²) in [5.74, 6) is -2.20. The molecule has 2 N–H and O–H groups in total. The highest BCUT2D eigenvalue weighted by atomic mass is 31.2. The number of rotatable bonds is 22. The van der Waals surface area contributed by atoms with Gasteiger partial charge in [0.2, 0.25) is 5.91 Å². The number of benzene rings is 2. The number of aliphatic hydroxyl groups excluding tert-OH is 1. The first kappa shape index (κ1) is 56.2. The number of aliphatic hydroxyl groups is 1. The van der Waals surface area contributed by atoms with E-state index in [1.54, 1.807) is 20.8 Å². The molecule has 2 aromatic rings. The largest absolute Gasteiger partial charge is 0.475 e. The number of esters is 2. The van der Waals surface area contributed by atoms with Crippen molar-refractivity contribution in [2.75, 3.05) is 13.2 Å². The number of nitrogens with one attached hydrogen (secondary N) is 1. The molecule has 3 aliphatic rings. The number of phosphoric acid groups is 1. The van der Waals surface area contributed by atoms with Crippen LogP contribution in [0.15, 0.2) is 59.7 Å². The molecule has 1 amide bonds. The average Bonchev–Trinajstić information content (AvgIpc) is 3.48. The van der Waals surface area contributed by atoms with Gasteiger partial charge in [-0.05, 0) is 52.7 Å². The third-order valence-corrected chi connectivity index (χ3v) is 19.1. The monoisotopic (exact) mass is 1000 g/mol. The predicted octanol–water partition coefficient (Wildman–Crippen LogP) is 8.56. The first-order chi connectivity index (χ1) is 32.7. The minimum absolute atomic E-state index is 0.0327. The third-order valence-electron chi connectivity index (χ3n) is 13.3. The van der Waals surface area contributed by atoms with E-state index in [9.17, 15) is 29.6 Å². The molecule has 5 unspecified atom stereocenters. The van der Waals surface area contributed by atoms with Gasteiger partial charge in [-0.1, -0.05) is 122 Å². The van der Waals surface area contributed by atoms with E-state index in [1.165, 1.54) is 0 Å². The summed E-state index contributed by atoms with van der Waals surface area (Å²) in [6.07, 6.45) is -8.65. The van der Waals surface area contributed by atoms with Crippen molar-refractivity contribution < 1.29 is 70.5 Å². The van der Waals surface area contributed by atoms with Crippen molar-refractivity contribution in [1.82, 2.24) is 5.32 Å². The minimum Gasteiger partial charge on any atom is -0.462 e. The molecule has 21 heteroatoms. The van der Waals surface area contributed by atoms with Gasteiger partial charge in [-0.25, -0.2) is 4.57 Å². The van der Waals surface area contributed by atoms with Gasteiger partial charge >= 0.3 is 19.8 Å². The SMILES string of the molecule is CCC(=O)O[C@H](CC)CC(=O)NC1[C@H](OCC2OC(O[Si](C)(C)C(C)(C)C)C(N=[N+]=[N-])[C@@H](OC(=O)C[C@H](C)CC)[C@@H]2C)OC(COCc2ccccc2)[C@@H](OP2(=O)OCc3ccccc3CO2)[C@@H]1O. The lowest BCUT2D eigenvalue weighted by Gasteiger charge is -2.48. The Balaban J connectivity index is 1.49. The van der Waals surface area contributed by atoms with Gasteiger partial charge in [0.25, 0.3) is 0 Å². The first-order valence-corrected chi connectivity index (χ1v) is 28.3. The van der Waals surface area contributed by atoms with Gasteiger partial charge in [0.1, 0.15) is 42.6 Å². The van der Waals surface area contributed by atoms with Gasteiger partial charge in [-0.3, -0.25) is 28.0 Å². The maximum atomic E-state index is 14.4. The van der Waals surface area contributed by atoms with E-state index in [0.29, 0.717) is 6.42 Å². The number of carbonyl (C=O) groups excluding carboxylic acids is 3. The summed E-state index contributed by atoms with van der Waals surface area (Å²) in [7, 11) is -7.08. The molecule has 0 saturated carbocycles. The van der Waals surface area contributed by atoms with Gasteiger partial charge in [0.05, 0.1) is 45.6 Å². The van der Waals surface area contributed by atoms with Crippen LogP contribution in [0.5, 0.6) is 0 Å². The number of azide groups is 1. The summed E-state index contributed by atoms with van der Waals surface area (Å²) in [5.41, 5.74) is 12.1. The van der Waals surface area contributed by atoms with Gasteiger partial charge in [0.15, 0.2) is 20.9 Å². The lowest BCUT2D eigenvalue weighted by Crippen LogP contribution is -2.66. The Labute approximate surface area is 407 Å². The van der Waals surface area contributed by atoms with Crippen LogP contribution in [0.2, 0.25) is 18.1 Å². The maximum absolute atomic E-state index is 14.4. The summed E-state index contributed by atoms with van der Waals surface area (Å²) in [6, 6.07) is 14.1. The van der Waals surface area contributed by atoms with Crippen LogP contribution in [0.1, 0.15) is 104 Å². The summed E-state index contributed by atoms with van der Waals surface area (Å²) in [5, 5.41) is 19.0. The predicted molar refractivity (Wildman–Crippen MR) is 255 cm³/mol. The molecule has 0 aliphatic carbocycles. The van der Waals surface area contributed by atoms with Gasteiger partial charge in [0, 0.05) is 23.7 Å². The van der Waals surface area contributed by atoms with Gasteiger partial charge in [-0.2, -0.15) is 0 Å². The standard InChI is InChI=1S/C48H73N4O15PSi/c1-11-30(4)23-40(55)65-44-31(5)36(63-47(42(44)51-52-49)67-69(9,10)48(6,7)8)29-59-46-41(50-38(53)24-35(12-2)62-39(54)13-3)43(56)45(37(64-46)28-58-25-32-19-15-14-16-20-32)66-68(57)60-26-33-21-17-18-22-34(33)27-61-68/h14-22,30-31,35-37,41-47,56H,11-13,23-29H2,1-10H3,(H,50,53)/t30-,31-,35-,36?,37?,41?,42?,43-,44+,45-,46-,47?/m1/s1. The van der Waals surface area contributed by atoms with Crippen LogP contribution in [0.3, 0.4) is 0 Å². The molecule has 384 valence electrons. The molecule has 3 heterocycles. The fraction of sp³-hybridized carbons (Fsp3) is 0.688. The van der Waals surface area contributed by atoms with Crippen molar-refractivity contribution >= 4 is 34.0 Å². The molecule has 0 radical (unpaired) electrons. The van der Waals surface area contributed by atoms with Crippen LogP contribution < -0.4 is 5.32 Å². The van der Waals surface area contributed by atoms with Crippen LogP contribution in [0, 0.1) is 11.8 Å². The Kier molecular flexibility index (Phi) is 20.8. The van der Waals surface area contributed by atoms with Crippen molar-refractivity contribution in [2.45, 2.75) is 187 Å². The van der Waals surface area contributed by atoms with Crippen molar-refractivity contribution in [1.29, 1.82) is 0 Å². The summed E-state index contributed by atoms with van der Waals surface area (Å²) in [6.45, 7) is 18.7. The molecule has 0 spiro atoms. The molecule has 2 aromatic carbocycles. The smallest absolute Gasteiger partial charge is 0.462 e. The number of hydrogen-bond acceptors (Lipinski definition) is 16. The molecule has 0 aromatic heterocycles. The number of nitrogens with zero attached hydrogens (tertiary/aromatic N) is 3. The van der Waals surface area contributed by atoms with E-state index in [1.807, 2.05) is 81.5 Å². The Morgan fingerprint density at radius 1 is 0.913 bits per heavy atom. The summed E-state index contributed by atoms with van der Waals surface area (Å²) < 4.78 is 76.4. The second kappa shape index (κ2) is 25.6. The lowest BCUT2D eigenvalue weighted by atomic mass is 9.89. The lowest BCUT2D eigenvalue weighted by molar-refractivity contribution is -0.290. The van der Waals surface area contributed by atoms with Crippen LogP contribution in [0.25, 0.3) is 10.4 Å². The molecule has 3 aliphatic heterocycles. The fourth-order valence-electron chi connectivity index (χ4n) is 7.71. The van der Waals surface area contributed by atoms with Crippen molar-refractivity contribution in [3.8, 4) is 0 Å². The normalized spacial score (nSPS) is 27.9. The molecule has 2 saturated heterocycles. The van der Waals surface area contributed by atoms with Crippen LogP contribution in [-0.4, -0.2) is 106 Å². The number of amides is 1. The minimum atomic E-state index is -4.44. The Morgan fingerprint density at radius 2 is 1.55 bits per heavy atom. The number of fused-ring (bicyclic) bond motifs is 1. The maximum Gasteiger partial charge on any atom is 0.475 e. The highest BCUT2D eigenvalue weighted by molar-refractivity contribution is 7.48. The second-order valence-electron chi connectivity index (χ2n) is 19.5. The molecule has 5 rings (SSSR count). The topological polar surface area (TPSA) is 242 Å². The van der Waals surface area contributed by atoms with Gasteiger partial charge < -0.3 is 43.3 Å². The van der Waals surface area contributed by atoms with Crippen molar-refractivity contribution in [3.05, 3.63) is 81.7 Å². The zero-order valence-corrected chi connectivity index (χ0v) is 43.5. The average molecular weight is 1010 g/mol. The molecular formula is C48H73N4O15PSi. The zero-order valence-electron chi connectivity index (χ0n) is 41.6. The van der Waals surface area contributed by atoms with Crippen LogP contribution in [0.4, 0.5) is 0 Å². The first-order valence-electron chi connectivity index (χ1n) is 24.0. The van der Waals surface area contributed by atoms with E-state index >= 15 is 0 Å². The summed E-state index contributed by atoms with van der Waals surface area (Å²) >= 11 is 0. The van der Waals surface area contributed by atoms with E-state index in [-0.39, 0.29) is 63.3 Å². The number of hydrogen-bond donors (Lipinski definition) is 2. The summed E-state index contributed by atoms with van der Waals surface area (Å²) in [4.78, 5) is 42.7. The van der Waals surface area contributed by atoms with E-state index in [4.69, 9.17) is 46.4 Å². The van der Waals surface area contributed by atoms with E-state index < -0.39 is 101 Å². The van der Waals surface area contributed by atoms with E-state index in [0.717, 1.165) is 23.1 Å². The molecule has 0 bridgehead atoms. The fourth-order valence-corrected chi connectivity index (χ4v) is 10.2. The van der Waals surface area contributed by atoms with Crippen molar-refractivity contribution in [3.63, 3.8) is 0 Å². The third kappa shape index (κ3) is 15.6. The highest BCUT2D eigenvalue weighted by Gasteiger charge is 2.53. The Morgan fingerprint density at radius 3 is 2.14 bits per heavy atom. The molecular weight excluding hydrogens is 932 g/mol. The number of carbonyl (C=O) groups is 3. The highest BCUT2D eigenvalue weighted by Crippen LogP contribution is 2.55. The zero-order chi connectivity index (χ0) is 50.5. The molecule has 12 atom stereocenters.